The van der Waals surface area contributed by atoms with Gasteiger partial charge in [0, 0.05) is 6.54 Å². The van der Waals surface area contributed by atoms with Crippen LogP contribution in [0, 0.1) is 10.8 Å². The standard InChI is InChI=1S/C12H24N2O2/c1-12(2,3)16-9-11(13-15)7-10-5-6-14(4)8-10/h10-11H,5-9H2,1-4H3. The van der Waals surface area contributed by atoms with Crippen LogP contribution in [0.5, 0.6) is 0 Å². The number of nitroso groups, excluding NO2 is 1. The van der Waals surface area contributed by atoms with E-state index in [0.29, 0.717) is 12.5 Å². The average Bonchev–Trinajstić information content (AvgIpc) is 2.57. The van der Waals surface area contributed by atoms with Crippen molar-refractivity contribution in [2.75, 3.05) is 26.7 Å². The molecule has 0 amide bonds. The van der Waals surface area contributed by atoms with E-state index in [1.54, 1.807) is 0 Å². The summed E-state index contributed by atoms with van der Waals surface area (Å²) in [7, 11) is 2.12. The second-order valence-electron chi connectivity index (χ2n) is 5.84. The summed E-state index contributed by atoms with van der Waals surface area (Å²) in [5.41, 5.74) is -0.185. The number of rotatable bonds is 5. The highest BCUT2D eigenvalue weighted by atomic mass is 16.5. The Kier molecular flexibility index (Phi) is 4.87. The third-order valence-corrected chi connectivity index (χ3v) is 2.95. The molecule has 0 bridgehead atoms. The summed E-state index contributed by atoms with van der Waals surface area (Å²) < 4.78 is 5.61. The highest BCUT2D eigenvalue weighted by Crippen LogP contribution is 2.21. The van der Waals surface area contributed by atoms with Gasteiger partial charge in [0.2, 0.25) is 0 Å². The van der Waals surface area contributed by atoms with Gasteiger partial charge in [-0.15, -0.1) is 0 Å². The lowest BCUT2D eigenvalue weighted by Crippen LogP contribution is -2.27. The van der Waals surface area contributed by atoms with Crippen molar-refractivity contribution >= 4 is 0 Å². The van der Waals surface area contributed by atoms with E-state index in [0.717, 1.165) is 19.5 Å². The highest BCUT2D eigenvalue weighted by Gasteiger charge is 2.24. The van der Waals surface area contributed by atoms with E-state index in [2.05, 4.69) is 17.1 Å². The number of nitrogens with zero attached hydrogens (tertiary/aromatic N) is 2. The molecule has 0 aromatic heterocycles. The quantitative estimate of drug-likeness (QED) is 0.678. The molecule has 0 aromatic rings. The minimum absolute atomic E-state index is 0.185. The Morgan fingerprint density at radius 3 is 2.62 bits per heavy atom. The fraction of sp³-hybridized carbons (Fsp3) is 1.00. The smallest absolute Gasteiger partial charge is 0.116 e. The van der Waals surface area contributed by atoms with E-state index < -0.39 is 0 Å². The van der Waals surface area contributed by atoms with Crippen LogP contribution in [-0.2, 0) is 4.74 Å². The minimum Gasteiger partial charge on any atom is -0.374 e. The predicted molar refractivity (Wildman–Crippen MR) is 65.5 cm³/mol. The van der Waals surface area contributed by atoms with E-state index in [9.17, 15) is 4.91 Å². The summed E-state index contributed by atoms with van der Waals surface area (Å²) in [4.78, 5) is 13.1. The fourth-order valence-corrected chi connectivity index (χ4v) is 2.09. The maximum absolute atomic E-state index is 10.7. The zero-order valence-electron chi connectivity index (χ0n) is 10.9. The zero-order chi connectivity index (χ0) is 12.2. The van der Waals surface area contributed by atoms with Crippen LogP contribution in [0.3, 0.4) is 0 Å². The molecule has 0 aromatic carbocycles. The second kappa shape index (κ2) is 5.73. The Morgan fingerprint density at radius 2 is 2.19 bits per heavy atom. The Balaban J connectivity index is 2.29. The van der Waals surface area contributed by atoms with Gasteiger partial charge in [-0.2, -0.15) is 4.91 Å². The predicted octanol–water partition coefficient (Wildman–Crippen LogP) is 2.28. The largest absolute Gasteiger partial charge is 0.374 e. The van der Waals surface area contributed by atoms with Crippen LogP contribution in [-0.4, -0.2) is 43.3 Å². The third-order valence-electron chi connectivity index (χ3n) is 2.95. The minimum atomic E-state index is -0.185. The van der Waals surface area contributed by atoms with Crippen LogP contribution in [0.2, 0.25) is 0 Å². The monoisotopic (exact) mass is 228 g/mol. The molecule has 4 nitrogen and oxygen atoms in total. The van der Waals surface area contributed by atoms with Gasteiger partial charge in [-0.05, 0) is 53.1 Å². The van der Waals surface area contributed by atoms with Gasteiger partial charge in [0.1, 0.15) is 6.04 Å². The molecule has 1 rings (SSSR count). The van der Waals surface area contributed by atoms with Gasteiger partial charge < -0.3 is 9.64 Å². The van der Waals surface area contributed by atoms with Gasteiger partial charge in [0.15, 0.2) is 0 Å². The summed E-state index contributed by atoms with van der Waals surface area (Å²) in [5.74, 6) is 0.608. The number of hydrogen-bond acceptors (Lipinski definition) is 4. The molecule has 1 heterocycles. The SMILES string of the molecule is CN1CCC(CC(COC(C)(C)C)N=O)C1. The van der Waals surface area contributed by atoms with Gasteiger partial charge in [0.05, 0.1) is 12.2 Å². The third kappa shape index (κ3) is 5.03. The molecule has 0 radical (unpaired) electrons. The molecule has 16 heavy (non-hydrogen) atoms. The molecule has 0 spiro atoms. The summed E-state index contributed by atoms with van der Waals surface area (Å²) in [5, 5.41) is 3.19. The van der Waals surface area contributed by atoms with Gasteiger partial charge in [-0.1, -0.05) is 5.18 Å². The lowest BCUT2D eigenvalue weighted by molar-refractivity contribution is -0.0121. The second-order valence-corrected chi connectivity index (χ2v) is 5.84. The number of hydrogen-bond donors (Lipinski definition) is 0. The molecular formula is C12H24N2O2. The Bertz CT molecular complexity index is 226. The van der Waals surface area contributed by atoms with Crippen molar-refractivity contribution in [2.45, 2.75) is 45.3 Å². The lowest BCUT2D eigenvalue weighted by atomic mass is 10.00. The van der Waals surface area contributed by atoms with Crippen molar-refractivity contribution in [3.8, 4) is 0 Å². The van der Waals surface area contributed by atoms with Gasteiger partial charge in [-0.3, -0.25) is 0 Å². The molecule has 2 atom stereocenters. The van der Waals surface area contributed by atoms with Crippen molar-refractivity contribution < 1.29 is 4.74 Å². The Labute approximate surface area is 98.3 Å². The molecule has 1 saturated heterocycles. The lowest BCUT2D eigenvalue weighted by Gasteiger charge is -2.22. The molecule has 1 aliphatic heterocycles. The summed E-state index contributed by atoms with van der Waals surface area (Å²) in [6, 6.07) is -0.185. The first-order valence-corrected chi connectivity index (χ1v) is 6.05. The van der Waals surface area contributed by atoms with E-state index in [4.69, 9.17) is 4.74 Å². The highest BCUT2D eigenvalue weighted by molar-refractivity contribution is 4.79. The Morgan fingerprint density at radius 1 is 1.50 bits per heavy atom. The number of likely N-dealkylation sites (tertiary alicyclic amines) is 1. The van der Waals surface area contributed by atoms with E-state index in [-0.39, 0.29) is 11.6 Å². The molecule has 94 valence electrons. The normalized spacial score (nSPS) is 24.6. The number of ether oxygens (including phenoxy) is 1. The summed E-state index contributed by atoms with van der Waals surface area (Å²) >= 11 is 0. The first-order valence-electron chi connectivity index (χ1n) is 6.05. The molecular weight excluding hydrogens is 204 g/mol. The maximum Gasteiger partial charge on any atom is 0.116 e. The molecule has 2 unspecified atom stereocenters. The van der Waals surface area contributed by atoms with Crippen molar-refractivity contribution in [1.82, 2.24) is 4.90 Å². The van der Waals surface area contributed by atoms with Crippen molar-refractivity contribution in [2.24, 2.45) is 11.1 Å². The van der Waals surface area contributed by atoms with Crippen LogP contribution in [0.15, 0.2) is 5.18 Å². The van der Waals surface area contributed by atoms with Gasteiger partial charge >= 0.3 is 0 Å². The average molecular weight is 228 g/mol. The maximum atomic E-state index is 10.7. The topological polar surface area (TPSA) is 41.9 Å². The van der Waals surface area contributed by atoms with E-state index in [1.165, 1.54) is 6.42 Å². The Hall–Kier alpha value is -0.480. The molecule has 4 heteroatoms. The van der Waals surface area contributed by atoms with Crippen LogP contribution < -0.4 is 0 Å². The van der Waals surface area contributed by atoms with E-state index >= 15 is 0 Å². The fourth-order valence-electron chi connectivity index (χ4n) is 2.09. The van der Waals surface area contributed by atoms with Crippen LogP contribution >= 0.6 is 0 Å². The van der Waals surface area contributed by atoms with Crippen LogP contribution in [0.25, 0.3) is 0 Å². The molecule has 1 aliphatic rings. The zero-order valence-corrected chi connectivity index (χ0v) is 10.9. The van der Waals surface area contributed by atoms with Crippen molar-refractivity contribution in [3.63, 3.8) is 0 Å². The summed E-state index contributed by atoms with van der Waals surface area (Å²) in [6.45, 7) is 8.67. The van der Waals surface area contributed by atoms with Crippen LogP contribution in [0.4, 0.5) is 0 Å². The molecule has 0 N–H and O–H groups in total. The van der Waals surface area contributed by atoms with Gasteiger partial charge in [0.25, 0.3) is 0 Å². The van der Waals surface area contributed by atoms with Crippen LogP contribution in [0.1, 0.15) is 33.6 Å². The van der Waals surface area contributed by atoms with Crippen molar-refractivity contribution in [1.29, 1.82) is 0 Å². The summed E-state index contributed by atoms with van der Waals surface area (Å²) in [6.07, 6.45) is 2.04. The van der Waals surface area contributed by atoms with Crippen molar-refractivity contribution in [3.05, 3.63) is 4.91 Å². The molecule has 0 aliphatic carbocycles. The first kappa shape index (κ1) is 13.6. The van der Waals surface area contributed by atoms with Gasteiger partial charge in [-0.25, -0.2) is 0 Å². The molecule has 0 saturated carbocycles. The molecule has 1 fully saturated rings. The van der Waals surface area contributed by atoms with E-state index in [1.807, 2.05) is 20.8 Å². The first-order chi connectivity index (χ1) is 7.40.